The molecule has 0 rings (SSSR count). The fraction of sp³-hybridized carbons (Fsp3) is 0.944. The van der Waals surface area contributed by atoms with Gasteiger partial charge in [0.05, 0.1) is 0 Å². The van der Waals surface area contributed by atoms with E-state index in [1.165, 1.54) is 250 Å². The standard InChI is InChI=1S/3C18H36O2.Fe/c3*1-2-3-4-5-6-7-8-9-10-11-12-13-14-15-16-17-18(19)20;/h3*2-17H2,1H3,(H,19,20);/q;;;+3/p-3. The Morgan fingerprint density at radius 2 is 0.311 bits per heavy atom. The van der Waals surface area contributed by atoms with Crippen molar-refractivity contribution >= 4 is 17.9 Å². The number of carboxylic acids is 3. The number of carbonyl (C=O) groups excluding carboxylic acids is 3. The van der Waals surface area contributed by atoms with E-state index in [0.717, 1.165) is 38.5 Å². The summed E-state index contributed by atoms with van der Waals surface area (Å²) in [6, 6.07) is 0. The van der Waals surface area contributed by atoms with E-state index in [0.29, 0.717) is 0 Å². The summed E-state index contributed by atoms with van der Waals surface area (Å²) >= 11 is 0. The van der Waals surface area contributed by atoms with Crippen molar-refractivity contribution in [2.24, 2.45) is 0 Å². The van der Waals surface area contributed by atoms with Gasteiger partial charge >= 0.3 is 17.1 Å². The van der Waals surface area contributed by atoms with E-state index < -0.39 is 17.9 Å². The van der Waals surface area contributed by atoms with Gasteiger partial charge in [0.15, 0.2) is 0 Å². The van der Waals surface area contributed by atoms with E-state index >= 15 is 0 Å². The molecule has 0 spiro atoms. The first kappa shape index (κ1) is 66.5. The van der Waals surface area contributed by atoms with Crippen LogP contribution >= 0.6 is 0 Å². The number of rotatable bonds is 48. The summed E-state index contributed by atoms with van der Waals surface area (Å²) in [7, 11) is 0. The number of hydrogen-bond acceptors (Lipinski definition) is 6. The van der Waals surface area contributed by atoms with Crippen molar-refractivity contribution in [1.82, 2.24) is 0 Å². The van der Waals surface area contributed by atoms with Gasteiger partial charge in [-0.1, -0.05) is 290 Å². The number of hydrogen-bond donors (Lipinski definition) is 0. The van der Waals surface area contributed by atoms with Crippen LogP contribution in [0, 0.1) is 0 Å². The molecule has 0 fully saturated rings. The Morgan fingerprint density at radius 3 is 0.410 bits per heavy atom. The summed E-state index contributed by atoms with van der Waals surface area (Å²) in [5, 5.41) is 30.7. The van der Waals surface area contributed by atoms with E-state index in [2.05, 4.69) is 20.8 Å². The molecule has 0 aliphatic rings. The van der Waals surface area contributed by atoms with E-state index in [-0.39, 0.29) is 36.3 Å². The molecule has 1 radical (unpaired) electrons. The third-order valence-corrected chi connectivity index (χ3v) is 12.0. The monoisotopic (exact) mass is 906 g/mol. The maximum absolute atomic E-state index is 10.2. The Bertz CT molecular complexity index is 717. The molecule has 0 atom stereocenters. The summed E-state index contributed by atoms with van der Waals surface area (Å²) < 4.78 is 0. The summed E-state index contributed by atoms with van der Waals surface area (Å²) in [6.45, 7) is 6.80. The molecule has 0 aromatic rings. The van der Waals surface area contributed by atoms with Crippen molar-refractivity contribution in [2.45, 2.75) is 329 Å². The van der Waals surface area contributed by atoms with Crippen LogP contribution in [0.2, 0.25) is 0 Å². The second-order valence-electron chi connectivity index (χ2n) is 18.2. The Kier molecular flexibility index (Phi) is 69.0. The summed E-state index contributed by atoms with van der Waals surface area (Å²) in [6.07, 6.45) is 59.6. The van der Waals surface area contributed by atoms with Gasteiger partial charge in [-0.3, -0.25) is 0 Å². The molecule has 6 nitrogen and oxygen atoms in total. The minimum atomic E-state index is -0.903. The van der Waals surface area contributed by atoms with Gasteiger partial charge in [-0.2, -0.15) is 0 Å². The Hall–Kier alpha value is -1.07. The summed E-state index contributed by atoms with van der Waals surface area (Å²) in [4.78, 5) is 30.7. The molecule has 0 aliphatic heterocycles. The summed E-state index contributed by atoms with van der Waals surface area (Å²) in [5.41, 5.74) is 0. The molecule has 0 aliphatic carbocycles. The minimum absolute atomic E-state index is 0. The maximum atomic E-state index is 10.2. The van der Waals surface area contributed by atoms with Crippen molar-refractivity contribution in [3.63, 3.8) is 0 Å². The van der Waals surface area contributed by atoms with Crippen LogP contribution in [-0.4, -0.2) is 17.9 Å². The van der Waals surface area contributed by atoms with Gasteiger partial charge in [0.2, 0.25) is 0 Å². The molecule has 0 N–H and O–H groups in total. The molecular weight excluding hydrogens is 800 g/mol. The zero-order chi connectivity index (χ0) is 44.7. The third-order valence-electron chi connectivity index (χ3n) is 12.0. The number of aliphatic carboxylic acids is 3. The van der Waals surface area contributed by atoms with Crippen LogP contribution < -0.4 is 15.3 Å². The van der Waals surface area contributed by atoms with Gasteiger partial charge in [0.1, 0.15) is 0 Å². The Morgan fingerprint density at radius 1 is 0.213 bits per heavy atom. The van der Waals surface area contributed by atoms with Gasteiger partial charge < -0.3 is 29.7 Å². The topological polar surface area (TPSA) is 120 Å². The molecule has 0 unspecified atom stereocenters. The van der Waals surface area contributed by atoms with Crippen LogP contribution in [0.15, 0.2) is 0 Å². The number of carbonyl (C=O) groups is 3. The van der Waals surface area contributed by atoms with Gasteiger partial charge in [0.25, 0.3) is 0 Å². The molecule has 0 aromatic heterocycles. The van der Waals surface area contributed by atoms with Crippen LogP contribution in [-0.2, 0) is 31.5 Å². The quantitative estimate of drug-likeness (QED) is 0.0443. The van der Waals surface area contributed by atoms with Crippen LogP contribution in [0.4, 0.5) is 0 Å². The van der Waals surface area contributed by atoms with E-state index in [1.54, 1.807) is 0 Å². The molecule has 0 saturated carbocycles. The first-order valence-corrected chi connectivity index (χ1v) is 26.9. The second-order valence-corrected chi connectivity index (χ2v) is 18.2. The minimum Gasteiger partial charge on any atom is -0.550 e. The van der Waals surface area contributed by atoms with Crippen molar-refractivity contribution in [2.75, 3.05) is 0 Å². The molecule has 0 saturated heterocycles. The Balaban J connectivity index is -0.000000396. The molecule has 61 heavy (non-hydrogen) atoms. The van der Waals surface area contributed by atoms with Crippen LogP contribution in [0.5, 0.6) is 0 Å². The smallest absolute Gasteiger partial charge is 0.550 e. The number of carboxylic acid groups (broad SMARTS) is 3. The molecular formula is C54H105FeO6. The van der Waals surface area contributed by atoms with Gasteiger partial charge in [-0.25, -0.2) is 0 Å². The average Bonchev–Trinajstić information content (AvgIpc) is 3.22. The Labute approximate surface area is 392 Å². The fourth-order valence-electron chi connectivity index (χ4n) is 7.92. The first-order chi connectivity index (χ1) is 29.3. The van der Waals surface area contributed by atoms with E-state index in [9.17, 15) is 29.7 Å². The van der Waals surface area contributed by atoms with Gasteiger partial charge in [-0.05, 0) is 38.5 Å². The third kappa shape index (κ3) is 76.6. The van der Waals surface area contributed by atoms with Crippen LogP contribution in [0.1, 0.15) is 329 Å². The van der Waals surface area contributed by atoms with Crippen LogP contribution in [0.3, 0.4) is 0 Å². The van der Waals surface area contributed by atoms with Gasteiger partial charge in [-0.15, -0.1) is 0 Å². The number of unbranched alkanes of at least 4 members (excludes halogenated alkanes) is 42. The first-order valence-electron chi connectivity index (χ1n) is 26.9. The maximum Gasteiger partial charge on any atom is 3.00 e. The molecule has 0 heterocycles. The largest absolute Gasteiger partial charge is 3.00 e. The van der Waals surface area contributed by atoms with Crippen molar-refractivity contribution in [1.29, 1.82) is 0 Å². The molecule has 365 valence electrons. The van der Waals surface area contributed by atoms with Crippen molar-refractivity contribution < 1.29 is 46.8 Å². The van der Waals surface area contributed by atoms with Crippen LogP contribution in [0.25, 0.3) is 0 Å². The second kappa shape index (κ2) is 63.2. The molecule has 0 aromatic carbocycles. The van der Waals surface area contributed by atoms with E-state index in [1.807, 2.05) is 0 Å². The zero-order valence-corrected chi connectivity index (χ0v) is 42.3. The molecule has 7 heteroatoms. The molecule has 0 amide bonds. The van der Waals surface area contributed by atoms with Gasteiger partial charge in [0, 0.05) is 17.9 Å². The predicted octanol–water partition coefficient (Wildman–Crippen LogP) is 15.0. The average molecular weight is 906 g/mol. The SMILES string of the molecule is CCCCCCCCCCCCCCCCCC(=O)[O-].CCCCCCCCCCCCCCCCCC(=O)[O-].CCCCCCCCCCCCCCCCCC(=O)[O-].[Fe+3]. The van der Waals surface area contributed by atoms with Crippen molar-refractivity contribution in [3.8, 4) is 0 Å². The van der Waals surface area contributed by atoms with E-state index in [4.69, 9.17) is 0 Å². The predicted molar refractivity (Wildman–Crippen MR) is 254 cm³/mol. The normalized spacial score (nSPS) is 10.7. The van der Waals surface area contributed by atoms with Crippen molar-refractivity contribution in [3.05, 3.63) is 0 Å². The summed E-state index contributed by atoms with van der Waals surface area (Å²) in [5.74, 6) is -2.71. The zero-order valence-electron chi connectivity index (χ0n) is 41.2. The fourth-order valence-corrected chi connectivity index (χ4v) is 7.92. The molecule has 0 bridgehead atoms.